The van der Waals surface area contributed by atoms with Crippen molar-refractivity contribution in [2.45, 2.75) is 25.6 Å². The molecule has 0 saturated heterocycles. The Hall–Kier alpha value is -2.72. The van der Waals surface area contributed by atoms with Gasteiger partial charge in [-0.1, -0.05) is 12.1 Å². The Morgan fingerprint density at radius 1 is 1.35 bits per heavy atom. The van der Waals surface area contributed by atoms with Gasteiger partial charge in [-0.05, 0) is 12.5 Å². The molecule has 0 aliphatic heterocycles. The van der Waals surface area contributed by atoms with Crippen molar-refractivity contribution in [2.24, 2.45) is 7.05 Å². The van der Waals surface area contributed by atoms with Crippen LogP contribution in [0.2, 0.25) is 0 Å². The molecule has 0 aliphatic carbocycles. The van der Waals surface area contributed by atoms with E-state index in [2.05, 4.69) is 30.6 Å². The van der Waals surface area contributed by atoms with Crippen LogP contribution in [0.3, 0.4) is 0 Å². The maximum absolute atomic E-state index is 12.7. The lowest BCUT2D eigenvalue weighted by atomic mass is 10.2. The van der Waals surface area contributed by atoms with Crippen LogP contribution in [-0.2, 0) is 13.2 Å². The zero-order chi connectivity index (χ0) is 16.6. The minimum absolute atomic E-state index is 0.228. The van der Waals surface area contributed by atoms with E-state index < -0.39 is 11.9 Å². The van der Waals surface area contributed by atoms with E-state index in [1.54, 1.807) is 6.20 Å². The van der Waals surface area contributed by atoms with Gasteiger partial charge in [0.2, 0.25) is 0 Å². The molecule has 3 aromatic heterocycles. The maximum atomic E-state index is 12.7. The Bertz CT molecular complexity index is 786. The van der Waals surface area contributed by atoms with Gasteiger partial charge >= 0.3 is 6.18 Å². The molecule has 0 saturated carbocycles. The number of nitrogens with one attached hydrogen (secondary N) is 1. The minimum atomic E-state index is -4.50. The van der Waals surface area contributed by atoms with Crippen LogP contribution in [0.5, 0.6) is 0 Å². The van der Waals surface area contributed by atoms with Gasteiger partial charge in [0, 0.05) is 7.05 Å². The summed E-state index contributed by atoms with van der Waals surface area (Å²) in [5.74, 6) is 0.602. The lowest BCUT2D eigenvalue weighted by Crippen LogP contribution is -2.12. The molecule has 23 heavy (non-hydrogen) atoms. The Labute approximate surface area is 128 Å². The standard InChI is InChI=1S/C12H13F3N8/c1-3-8(11-16-6-17-19-11)23-5-7(18-21-23)9-4-10(12(13,14)15)20-22(9)2/h4-6,8H,3H2,1-2H3,(H,16,17,19). The minimum Gasteiger partial charge on any atom is -0.266 e. The molecule has 0 spiro atoms. The van der Waals surface area contributed by atoms with Crippen LogP contribution in [0, 0.1) is 0 Å². The molecule has 1 atom stereocenters. The number of alkyl halides is 3. The van der Waals surface area contributed by atoms with Gasteiger partial charge < -0.3 is 0 Å². The number of nitrogens with zero attached hydrogens (tertiary/aromatic N) is 7. The normalized spacial score (nSPS) is 13.4. The Kier molecular flexibility index (Phi) is 3.62. The highest BCUT2D eigenvalue weighted by Crippen LogP contribution is 2.31. The predicted molar refractivity (Wildman–Crippen MR) is 72.0 cm³/mol. The van der Waals surface area contributed by atoms with E-state index in [-0.39, 0.29) is 11.7 Å². The monoisotopic (exact) mass is 326 g/mol. The topological polar surface area (TPSA) is 90.1 Å². The fourth-order valence-corrected chi connectivity index (χ4v) is 2.27. The van der Waals surface area contributed by atoms with Gasteiger partial charge in [0.25, 0.3) is 0 Å². The van der Waals surface area contributed by atoms with Gasteiger partial charge in [-0.25, -0.2) is 9.67 Å². The molecule has 3 rings (SSSR count). The summed E-state index contributed by atoms with van der Waals surface area (Å²) in [7, 11) is 1.43. The first-order valence-electron chi connectivity index (χ1n) is 6.79. The van der Waals surface area contributed by atoms with Gasteiger partial charge in [0.05, 0.1) is 11.9 Å². The molecule has 3 heterocycles. The van der Waals surface area contributed by atoms with Gasteiger partial charge in [-0.3, -0.25) is 9.78 Å². The number of aromatic amines is 1. The van der Waals surface area contributed by atoms with Gasteiger partial charge in [-0.15, -0.1) is 5.10 Å². The molecular weight excluding hydrogens is 313 g/mol. The molecule has 8 nitrogen and oxygen atoms in total. The molecule has 3 aromatic rings. The first-order chi connectivity index (χ1) is 10.9. The summed E-state index contributed by atoms with van der Waals surface area (Å²) in [6.45, 7) is 1.93. The molecule has 122 valence electrons. The van der Waals surface area contributed by atoms with Crippen molar-refractivity contribution in [3.8, 4) is 11.4 Å². The summed E-state index contributed by atoms with van der Waals surface area (Å²) in [6.07, 6.45) is -0.893. The van der Waals surface area contributed by atoms with E-state index in [9.17, 15) is 13.2 Å². The second-order valence-electron chi connectivity index (χ2n) is 4.91. The van der Waals surface area contributed by atoms with Crippen molar-refractivity contribution in [1.29, 1.82) is 0 Å². The highest BCUT2D eigenvalue weighted by Gasteiger charge is 2.35. The van der Waals surface area contributed by atoms with Crippen LogP contribution in [0.15, 0.2) is 18.6 Å². The molecule has 1 unspecified atom stereocenters. The van der Waals surface area contributed by atoms with Crippen LogP contribution in [0.1, 0.15) is 30.9 Å². The number of aromatic nitrogens is 8. The summed E-state index contributed by atoms with van der Waals surface area (Å²) in [4.78, 5) is 4.08. The second-order valence-corrected chi connectivity index (χ2v) is 4.91. The van der Waals surface area contributed by atoms with Crippen molar-refractivity contribution >= 4 is 0 Å². The van der Waals surface area contributed by atoms with Crippen molar-refractivity contribution in [2.75, 3.05) is 0 Å². The molecule has 0 bridgehead atoms. The lowest BCUT2D eigenvalue weighted by molar-refractivity contribution is -0.141. The van der Waals surface area contributed by atoms with E-state index in [0.29, 0.717) is 17.9 Å². The van der Waals surface area contributed by atoms with Crippen LogP contribution >= 0.6 is 0 Å². The molecule has 1 N–H and O–H groups in total. The van der Waals surface area contributed by atoms with Crippen molar-refractivity contribution in [1.82, 2.24) is 40.0 Å². The van der Waals surface area contributed by atoms with Crippen LogP contribution < -0.4 is 0 Å². The molecule has 0 aromatic carbocycles. The second kappa shape index (κ2) is 5.48. The number of hydrogen-bond acceptors (Lipinski definition) is 5. The fourth-order valence-electron chi connectivity index (χ4n) is 2.27. The summed E-state index contributed by atoms with van der Waals surface area (Å²) >= 11 is 0. The Morgan fingerprint density at radius 2 is 2.13 bits per heavy atom. The molecule has 0 radical (unpaired) electrons. The smallest absolute Gasteiger partial charge is 0.266 e. The van der Waals surface area contributed by atoms with E-state index in [4.69, 9.17) is 0 Å². The summed E-state index contributed by atoms with van der Waals surface area (Å²) in [6, 6.07) is 0.720. The molecular formula is C12H13F3N8. The van der Waals surface area contributed by atoms with Crippen molar-refractivity contribution in [3.63, 3.8) is 0 Å². The molecule has 0 aliphatic rings. The summed E-state index contributed by atoms with van der Waals surface area (Å²) in [5.41, 5.74) is -0.434. The van der Waals surface area contributed by atoms with Crippen LogP contribution in [0.25, 0.3) is 11.4 Å². The van der Waals surface area contributed by atoms with Crippen molar-refractivity contribution in [3.05, 3.63) is 30.1 Å². The largest absolute Gasteiger partial charge is 0.435 e. The highest BCUT2D eigenvalue weighted by molar-refractivity contribution is 5.53. The third-order valence-electron chi connectivity index (χ3n) is 3.40. The fraction of sp³-hybridized carbons (Fsp3) is 0.417. The predicted octanol–water partition coefficient (Wildman–Crippen LogP) is 1.81. The van der Waals surface area contributed by atoms with E-state index >= 15 is 0 Å². The first kappa shape index (κ1) is 15.2. The van der Waals surface area contributed by atoms with E-state index in [0.717, 1.165) is 10.7 Å². The van der Waals surface area contributed by atoms with Gasteiger partial charge in [-0.2, -0.15) is 23.4 Å². The van der Waals surface area contributed by atoms with Gasteiger partial charge in [0.1, 0.15) is 23.9 Å². The molecule has 11 heteroatoms. The summed E-state index contributed by atoms with van der Waals surface area (Å²) < 4.78 is 40.9. The van der Waals surface area contributed by atoms with E-state index in [1.165, 1.54) is 18.1 Å². The highest BCUT2D eigenvalue weighted by atomic mass is 19.4. The number of H-pyrrole nitrogens is 1. The number of aryl methyl sites for hydroxylation is 1. The van der Waals surface area contributed by atoms with Gasteiger partial charge in [0.15, 0.2) is 5.69 Å². The Balaban J connectivity index is 1.95. The number of hydrogen-bond donors (Lipinski definition) is 1. The SMILES string of the molecule is CCC(c1ncn[nH]1)n1cc(-c2cc(C(F)(F)F)nn2C)nn1. The third kappa shape index (κ3) is 2.81. The quantitative estimate of drug-likeness (QED) is 0.790. The van der Waals surface area contributed by atoms with Crippen LogP contribution in [-0.4, -0.2) is 40.0 Å². The average molecular weight is 326 g/mol. The average Bonchev–Trinajstić information content (AvgIpc) is 3.18. The van der Waals surface area contributed by atoms with Crippen molar-refractivity contribution < 1.29 is 13.2 Å². The lowest BCUT2D eigenvalue weighted by Gasteiger charge is -2.10. The zero-order valence-corrected chi connectivity index (χ0v) is 12.3. The number of rotatable bonds is 4. The molecule has 0 amide bonds. The third-order valence-corrected chi connectivity index (χ3v) is 3.40. The first-order valence-corrected chi connectivity index (χ1v) is 6.79. The maximum Gasteiger partial charge on any atom is 0.435 e. The Morgan fingerprint density at radius 3 is 2.70 bits per heavy atom. The zero-order valence-electron chi connectivity index (χ0n) is 12.3. The number of halogens is 3. The molecule has 0 fully saturated rings. The van der Waals surface area contributed by atoms with E-state index in [1.807, 2.05) is 6.92 Å². The summed E-state index contributed by atoms with van der Waals surface area (Å²) in [5, 5.41) is 17.9. The van der Waals surface area contributed by atoms with Crippen LogP contribution in [0.4, 0.5) is 13.2 Å².